The summed E-state index contributed by atoms with van der Waals surface area (Å²) in [5.41, 5.74) is 6.56. The summed E-state index contributed by atoms with van der Waals surface area (Å²) in [5.74, 6) is -0.0885. The maximum absolute atomic E-state index is 7.39. The van der Waals surface area contributed by atoms with Crippen molar-refractivity contribution in [3.05, 3.63) is 40.8 Å². The SMILES string of the molecule is Cc1cc(C(=N)N)nc(Sc2ncccc2Cl)n1. The molecule has 2 aromatic rings. The van der Waals surface area contributed by atoms with Gasteiger partial charge in [-0.3, -0.25) is 5.41 Å². The molecule has 7 heteroatoms. The molecule has 18 heavy (non-hydrogen) atoms. The van der Waals surface area contributed by atoms with Gasteiger partial charge in [0.2, 0.25) is 0 Å². The molecule has 0 aliphatic heterocycles. The number of amidine groups is 1. The quantitative estimate of drug-likeness (QED) is 0.511. The molecule has 0 unspecified atom stereocenters. The van der Waals surface area contributed by atoms with Crippen LogP contribution < -0.4 is 5.73 Å². The zero-order chi connectivity index (χ0) is 13.1. The Morgan fingerprint density at radius 1 is 1.44 bits per heavy atom. The number of halogens is 1. The van der Waals surface area contributed by atoms with Gasteiger partial charge >= 0.3 is 0 Å². The van der Waals surface area contributed by atoms with Gasteiger partial charge in [0.25, 0.3) is 0 Å². The van der Waals surface area contributed by atoms with Gasteiger partial charge in [-0.25, -0.2) is 15.0 Å². The summed E-state index contributed by atoms with van der Waals surface area (Å²) in [5, 5.41) is 9.02. The molecule has 0 radical (unpaired) electrons. The van der Waals surface area contributed by atoms with E-state index in [1.54, 1.807) is 24.4 Å². The molecule has 2 rings (SSSR count). The number of pyridine rings is 1. The summed E-state index contributed by atoms with van der Waals surface area (Å²) in [4.78, 5) is 12.6. The van der Waals surface area contributed by atoms with E-state index in [4.69, 9.17) is 22.7 Å². The van der Waals surface area contributed by atoms with Gasteiger partial charge < -0.3 is 5.73 Å². The van der Waals surface area contributed by atoms with Crippen LogP contribution in [0.25, 0.3) is 0 Å². The number of aryl methyl sites for hydroxylation is 1. The molecule has 0 spiro atoms. The van der Waals surface area contributed by atoms with Gasteiger partial charge in [-0.2, -0.15) is 0 Å². The highest BCUT2D eigenvalue weighted by Crippen LogP contribution is 2.28. The van der Waals surface area contributed by atoms with Crippen LogP contribution in [-0.2, 0) is 0 Å². The molecule has 0 atom stereocenters. The molecule has 0 saturated heterocycles. The molecule has 0 fully saturated rings. The Balaban J connectivity index is 2.35. The minimum Gasteiger partial charge on any atom is -0.382 e. The van der Waals surface area contributed by atoms with Gasteiger partial charge in [-0.15, -0.1) is 0 Å². The Morgan fingerprint density at radius 3 is 2.89 bits per heavy atom. The van der Waals surface area contributed by atoms with Crippen LogP contribution in [0.1, 0.15) is 11.4 Å². The second-order valence-electron chi connectivity index (χ2n) is 3.48. The zero-order valence-electron chi connectivity index (χ0n) is 9.51. The normalized spacial score (nSPS) is 10.3. The predicted octanol–water partition coefficient (Wildman–Crippen LogP) is 2.27. The van der Waals surface area contributed by atoms with Gasteiger partial charge in [0.1, 0.15) is 16.6 Å². The number of nitrogen functional groups attached to an aromatic ring is 1. The maximum Gasteiger partial charge on any atom is 0.194 e. The first-order valence-corrected chi connectivity index (χ1v) is 6.24. The summed E-state index contributed by atoms with van der Waals surface area (Å²) >= 11 is 7.25. The number of hydrogen-bond donors (Lipinski definition) is 2. The lowest BCUT2D eigenvalue weighted by Gasteiger charge is -2.04. The van der Waals surface area contributed by atoms with E-state index in [1.165, 1.54) is 11.8 Å². The monoisotopic (exact) mass is 279 g/mol. The fraction of sp³-hybridized carbons (Fsp3) is 0.0909. The smallest absolute Gasteiger partial charge is 0.194 e. The van der Waals surface area contributed by atoms with Crippen molar-refractivity contribution in [3.8, 4) is 0 Å². The Morgan fingerprint density at radius 2 is 2.22 bits per heavy atom. The lowest BCUT2D eigenvalue weighted by Crippen LogP contribution is -2.14. The first-order valence-electron chi connectivity index (χ1n) is 5.04. The van der Waals surface area contributed by atoms with Crippen LogP contribution in [0.5, 0.6) is 0 Å². The summed E-state index contributed by atoms with van der Waals surface area (Å²) in [7, 11) is 0. The summed E-state index contributed by atoms with van der Waals surface area (Å²) < 4.78 is 0. The predicted molar refractivity (Wildman–Crippen MR) is 71.2 cm³/mol. The van der Waals surface area contributed by atoms with E-state index in [2.05, 4.69) is 15.0 Å². The first-order chi connectivity index (χ1) is 8.56. The van der Waals surface area contributed by atoms with E-state index >= 15 is 0 Å². The number of hydrogen-bond acceptors (Lipinski definition) is 5. The molecule has 92 valence electrons. The van der Waals surface area contributed by atoms with E-state index in [0.29, 0.717) is 20.9 Å². The van der Waals surface area contributed by atoms with E-state index in [1.807, 2.05) is 6.92 Å². The third-order valence-corrected chi connectivity index (χ3v) is 3.32. The van der Waals surface area contributed by atoms with Crippen molar-refractivity contribution in [2.75, 3.05) is 0 Å². The van der Waals surface area contributed by atoms with Gasteiger partial charge in [0.05, 0.1) is 5.02 Å². The molecule has 0 bridgehead atoms. The highest BCUT2D eigenvalue weighted by Gasteiger charge is 2.09. The van der Waals surface area contributed by atoms with Gasteiger partial charge in [-0.1, -0.05) is 11.6 Å². The van der Waals surface area contributed by atoms with Crippen molar-refractivity contribution >= 4 is 29.2 Å². The Kier molecular flexibility index (Phi) is 3.78. The van der Waals surface area contributed by atoms with Gasteiger partial charge in [-0.05, 0) is 36.9 Å². The zero-order valence-corrected chi connectivity index (χ0v) is 11.1. The summed E-state index contributed by atoms with van der Waals surface area (Å²) in [6.07, 6.45) is 1.65. The minimum atomic E-state index is -0.0885. The van der Waals surface area contributed by atoms with E-state index in [-0.39, 0.29) is 5.84 Å². The lowest BCUT2D eigenvalue weighted by molar-refractivity contribution is 0.917. The van der Waals surface area contributed by atoms with Crippen molar-refractivity contribution in [2.24, 2.45) is 5.73 Å². The second kappa shape index (κ2) is 5.32. The molecule has 0 aliphatic rings. The third-order valence-electron chi connectivity index (χ3n) is 2.02. The Hall–Kier alpha value is -1.66. The van der Waals surface area contributed by atoms with Crippen molar-refractivity contribution in [2.45, 2.75) is 17.1 Å². The van der Waals surface area contributed by atoms with Crippen LogP contribution in [0.2, 0.25) is 5.02 Å². The van der Waals surface area contributed by atoms with Gasteiger partial charge in [0, 0.05) is 11.9 Å². The lowest BCUT2D eigenvalue weighted by atomic mass is 10.3. The van der Waals surface area contributed by atoms with Crippen molar-refractivity contribution in [3.63, 3.8) is 0 Å². The van der Waals surface area contributed by atoms with Crippen LogP contribution in [-0.4, -0.2) is 20.8 Å². The van der Waals surface area contributed by atoms with Crippen molar-refractivity contribution in [1.82, 2.24) is 15.0 Å². The Labute approximate surface area is 113 Å². The number of rotatable bonds is 3. The minimum absolute atomic E-state index is 0.0885. The average molecular weight is 280 g/mol. The second-order valence-corrected chi connectivity index (χ2v) is 4.85. The van der Waals surface area contributed by atoms with E-state index < -0.39 is 0 Å². The molecule has 5 nitrogen and oxygen atoms in total. The largest absolute Gasteiger partial charge is 0.382 e. The number of nitrogens with two attached hydrogens (primary N) is 1. The highest BCUT2D eigenvalue weighted by molar-refractivity contribution is 7.99. The number of nitrogens with one attached hydrogen (secondary N) is 1. The van der Waals surface area contributed by atoms with Crippen LogP contribution in [0.15, 0.2) is 34.6 Å². The third kappa shape index (κ3) is 2.96. The molecular formula is C11H10ClN5S. The average Bonchev–Trinajstić information content (AvgIpc) is 2.31. The molecular weight excluding hydrogens is 270 g/mol. The van der Waals surface area contributed by atoms with Crippen LogP contribution in [0.3, 0.4) is 0 Å². The topological polar surface area (TPSA) is 88.5 Å². The number of aromatic nitrogens is 3. The number of nitrogens with zero attached hydrogens (tertiary/aromatic N) is 3. The van der Waals surface area contributed by atoms with E-state index in [9.17, 15) is 0 Å². The standard InChI is InChI=1S/C11H10ClN5S/c1-6-5-8(9(13)14)17-11(16-6)18-10-7(12)3-2-4-15-10/h2-5H,1H3,(H3,13,14). The summed E-state index contributed by atoms with van der Waals surface area (Å²) in [6.45, 7) is 1.82. The fourth-order valence-electron chi connectivity index (χ4n) is 1.26. The first kappa shape index (κ1) is 12.8. The molecule has 2 heterocycles. The molecule has 2 aromatic heterocycles. The molecule has 0 saturated carbocycles. The summed E-state index contributed by atoms with van der Waals surface area (Å²) in [6, 6.07) is 5.16. The maximum atomic E-state index is 7.39. The van der Waals surface area contributed by atoms with Crippen molar-refractivity contribution < 1.29 is 0 Å². The molecule has 3 N–H and O–H groups in total. The van der Waals surface area contributed by atoms with E-state index in [0.717, 1.165) is 5.69 Å². The Bertz CT molecular complexity index is 602. The van der Waals surface area contributed by atoms with Crippen LogP contribution in [0.4, 0.5) is 0 Å². The molecule has 0 aromatic carbocycles. The highest BCUT2D eigenvalue weighted by atomic mass is 35.5. The van der Waals surface area contributed by atoms with Crippen LogP contribution in [0, 0.1) is 12.3 Å². The van der Waals surface area contributed by atoms with Gasteiger partial charge in [0.15, 0.2) is 5.16 Å². The van der Waals surface area contributed by atoms with Crippen LogP contribution >= 0.6 is 23.4 Å². The molecule has 0 amide bonds. The van der Waals surface area contributed by atoms with Crippen molar-refractivity contribution in [1.29, 1.82) is 5.41 Å². The molecule has 0 aliphatic carbocycles. The fourth-order valence-corrected chi connectivity index (χ4v) is 2.28.